The summed E-state index contributed by atoms with van der Waals surface area (Å²) in [6.07, 6.45) is 0. The van der Waals surface area contributed by atoms with Gasteiger partial charge in [-0.3, -0.25) is 9.59 Å². The highest BCUT2D eigenvalue weighted by molar-refractivity contribution is 7.33. The van der Waals surface area contributed by atoms with Gasteiger partial charge in [0, 0.05) is 0 Å². The first-order chi connectivity index (χ1) is 8.61. The van der Waals surface area contributed by atoms with E-state index >= 15 is 0 Å². The maximum atomic E-state index is 11.4. The van der Waals surface area contributed by atoms with Crippen molar-refractivity contribution in [1.82, 2.24) is 9.97 Å². The zero-order valence-electron chi connectivity index (χ0n) is 9.48. The Morgan fingerprint density at radius 3 is 2.67 bits per heavy atom. The molecule has 96 valence electrons. The summed E-state index contributed by atoms with van der Waals surface area (Å²) in [5.41, 5.74) is -0.879. The van der Waals surface area contributed by atoms with Crippen LogP contribution < -0.4 is 15.6 Å². The lowest BCUT2D eigenvalue weighted by molar-refractivity contribution is 0.303. The van der Waals surface area contributed by atoms with Gasteiger partial charge >= 0.3 is 19.4 Å². The molecule has 1 unspecified atom stereocenters. The fraction of sp³-hybridized carbons (Fsp3) is 0.200. The Bertz CT molecular complexity index is 705. The van der Waals surface area contributed by atoms with E-state index < -0.39 is 19.4 Å². The SMILES string of the molecule is CCO[PH](=O)Oc1cccc2[nH]c(=O)c(=O)[nH]c12. The lowest BCUT2D eigenvalue weighted by atomic mass is 10.3. The van der Waals surface area contributed by atoms with Gasteiger partial charge in [0.1, 0.15) is 5.52 Å². The van der Waals surface area contributed by atoms with Crippen LogP contribution in [0.1, 0.15) is 6.92 Å². The van der Waals surface area contributed by atoms with Crippen molar-refractivity contribution in [2.75, 3.05) is 6.61 Å². The summed E-state index contributed by atoms with van der Waals surface area (Å²) in [7, 11) is -2.67. The van der Waals surface area contributed by atoms with Crippen LogP contribution in [-0.4, -0.2) is 16.6 Å². The van der Waals surface area contributed by atoms with Crippen LogP contribution in [-0.2, 0) is 9.09 Å². The molecule has 2 aromatic rings. The minimum Gasteiger partial charge on any atom is -0.424 e. The standard InChI is InChI=1S/C10H11N2O5P/c1-2-16-18(15)17-7-5-3-4-6-8(7)12-10(14)9(13)11-6/h3-5,18H,2H2,1H3,(H,11,13)(H,12,14). The van der Waals surface area contributed by atoms with Crippen LogP contribution in [0.2, 0.25) is 0 Å². The molecule has 0 aliphatic rings. The van der Waals surface area contributed by atoms with Crippen LogP contribution >= 0.6 is 8.25 Å². The Hall–Kier alpha value is -1.85. The first-order valence-electron chi connectivity index (χ1n) is 5.21. The van der Waals surface area contributed by atoms with E-state index in [9.17, 15) is 14.2 Å². The fourth-order valence-corrected chi connectivity index (χ4v) is 2.08. The number of H-pyrrole nitrogens is 2. The summed E-state index contributed by atoms with van der Waals surface area (Å²) in [4.78, 5) is 27.2. The molecule has 8 heteroatoms. The minimum atomic E-state index is -2.67. The van der Waals surface area contributed by atoms with Gasteiger partial charge < -0.3 is 19.0 Å². The van der Waals surface area contributed by atoms with E-state index in [1.807, 2.05) is 0 Å². The molecule has 0 aliphatic heterocycles. The predicted molar refractivity (Wildman–Crippen MR) is 66.4 cm³/mol. The van der Waals surface area contributed by atoms with Crippen molar-refractivity contribution in [3.05, 3.63) is 38.9 Å². The van der Waals surface area contributed by atoms with Gasteiger partial charge in [0.05, 0.1) is 12.1 Å². The zero-order valence-corrected chi connectivity index (χ0v) is 10.5. The molecule has 1 atom stereocenters. The van der Waals surface area contributed by atoms with Crippen LogP contribution in [0.5, 0.6) is 5.75 Å². The molecule has 2 rings (SSSR count). The second-order valence-corrected chi connectivity index (χ2v) is 4.36. The molecule has 1 heterocycles. The number of hydrogen-bond donors (Lipinski definition) is 2. The van der Waals surface area contributed by atoms with Gasteiger partial charge in [-0.1, -0.05) is 6.07 Å². The van der Waals surface area contributed by atoms with Crippen molar-refractivity contribution in [3.8, 4) is 5.75 Å². The second kappa shape index (κ2) is 5.20. The number of aromatic nitrogens is 2. The van der Waals surface area contributed by atoms with Crippen molar-refractivity contribution in [3.63, 3.8) is 0 Å². The first kappa shape index (κ1) is 12.6. The van der Waals surface area contributed by atoms with Crippen molar-refractivity contribution in [1.29, 1.82) is 0 Å². The highest BCUT2D eigenvalue weighted by Gasteiger charge is 2.08. The average Bonchev–Trinajstić information content (AvgIpc) is 2.32. The quantitative estimate of drug-likeness (QED) is 0.638. The Morgan fingerprint density at radius 1 is 1.22 bits per heavy atom. The van der Waals surface area contributed by atoms with E-state index in [1.54, 1.807) is 19.1 Å². The molecule has 0 saturated heterocycles. The molecule has 0 spiro atoms. The largest absolute Gasteiger partial charge is 0.424 e. The molecular formula is C10H11N2O5P. The molecule has 0 amide bonds. The lowest BCUT2D eigenvalue weighted by Gasteiger charge is -2.07. The molecule has 0 fully saturated rings. The monoisotopic (exact) mass is 270 g/mol. The summed E-state index contributed by atoms with van der Waals surface area (Å²) in [5, 5.41) is 0. The number of nitrogens with one attached hydrogen (secondary N) is 2. The van der Waals surface area contributed by atoms with Gasteiger partial charge in [0.15, 0.2) is 5.75 Å². The van der Waals surface area contributed by atoms with E-state index in [-0.39, 0.29) is 17.9 Å². The van der Waals surface area contributed by atoms with Gasteiger partial charge in [-0.15, -0.1) is 0 Å². The lowest BCUT2D eigenvalue weighted by Crippen LogP contribution is -2.28. The highest BCUT2D eigenvalue weighted by atomic mass is 31.1. The van der Waals surface area contributed by atoms with Crippen LogP contribution in [0, 0.1) is 0 Å². The number of benzene rings is 1. The summed E-state index contributed by atoms with van der Waals surface area (Å²) in [6, 6.07) is 4.72. The fourth-order valence-electron chi connectivity index (χ4n) is 1.44. The Kier molecular flexibility index (Phi) is 3.64. The molecule has 2 N–H and O–H groups in total. The summed E-state index contributed by atoms with van der Waals surface area (Å²) in [5.74, 6) is 0.193. The third-order valence-electron chi connectivity index (χ3n) is 2.17. The molecule has 1 aromatic carbocycles. The number of aromatic amines is 2. The van der Waals surface area contributed by atoms with Gasteiger partial charge in [-0.25, -0.2) is 4.57 Å². The van der Waals surface area contributed by atoms with E-state index in [2.05, 4.69) is 9.97 Å². The summed E-state index contributed by atoms with van der Waals surface area (Å²) < 4.78 is 21.3. The van der Waals surface area contributed by atoms with E-state index in [4.69, 9.17) is 9.05 Å². The van der Waals surface area contributed by atoms with Crippen LogP contribution in [0.4, 0.5) is 0 Å². The minimum absolute atomic E-state index is 0.193. The average molecular weight is 270 g/mol. The molecule has 7 nitrogen and oxygen atoms in total. The first-order valence-corrected chi connectivity index (χ1v) is 6.44. The second-order valence-electron chi connectivity index (χ2n) is 3.37. The summed E-state index contributed by atoms with van der Waals surface area (Å²) >= 11 is 0. The van der Waals surface area contributed by atoms with Gasteiger partial charge in [-0.05, 0) is 19.1 Å². The predicted octanol–water partition coefficient (Wildman–Crippen LogP) is 1.02. The van der Waals surface area contributed by atoms with Crippen molar-refractivity contribution < 1.29 is 13.6 Å². The van der Waals surface area contributed by atoms with Gasteiger partial charge in [-0.2, -0.15) is 0 Å². The van der Waals surface area contributed by atoms with E-state index in [1.165, 1.54) is 6.07 Å². The molecular weight excluding hydrogens is 259 g/mol. The van der Waals surface area contributed by atoms with E-state index in [0.29, 0.717) is 5.52 Å². The molecule has 0 radical (unpaired) electrons. The normalized spacial score (nSPS) is 12.5. The third kappa shape index (κ3) is 2.52. The van der Waals surface area contributed by atoms with Crippen LogP contribution in [0.25, 0.3) is 11.0 Å². The van der Waals surface area contributed by atoms with Gasteiger partial charge in [0.25, 0.3) is 0 Å². The number of fused-ring (bicyclic) bond motifs is 1. The van der Waals surface area contributed by atoms with Crippen molar-refractivity contribution >= 4 is 19.3 Å². The summed E-state index contributed by atoms with van der Waals surface area (Å²) in [6.45, 7) is 1.95. The number of para-hydroxylation sites is 1. The highest BCUT2D eigenvalue weighted by Crippen LogP contribution is 2.31. The van der Waals surface area contributed by atoms with Crippen molar-refractivity contribution in [2.45, 2.75) is 6.92 Å². The molecule has 0 saturated carbocycles. The van der Waals surface area contributed by atoms with Crippen molar-refractivity contribution in [2.24, 2.45) is 0 Å². The Balaban J connectivity index is 2.51. The molecule has 18 heavy (non-hydrogen) atoms. The zero-order chi connectivity index (χ0) is 13.1. The van der Waals surface area contributed by atoms with Crippen LogP contribution in [0.3, 0.4) is 0 Å². The maximum Gasteiger partial charge on any atom is 0.367 e. The Labute approximate surface area is 102 Å². The maximum absolute atomic E-state index is 11.4. The topological polar surface area (TPSA) is 101 Å². The van der Waals surface area contributed by atoms with E-state index in [0.717, 1.165) is 0 Å². The smallest absolute Gasteiger partial charge is 0.367 e. The third-order valence-corrected chi connectivity index (χ3v) is 3.09. The molecule has 1 aromatic heterocycles. The van der Waals surface area contributed by atoms with Gasteiger partial charge in [0.2, 0.25) is 0 Å². The number of hydrogen-bond acceptors (Lipinski definition) is 5. The molecule has 0 aliphatic carbocycles. The molecule has 0 bridgehead atoms. The van der Waals surface area contributed by atoms with Crippen LogP contribution in [0.15, 0.2) is 27.8 Å². The Morgan fingerprint density at radius 2 is 1.94 bits per heavy atom. The number of rotatable bonds is 4.